The number of aliphatic hydroxyl groups excluding tert-OH is 1. The molecule has 0 bridgehead atoms. The zero-order valence-corrected chi connectivity index (χ0v) is 9.73. The van der Waals surface area contributed by atoms with Gasteiger partial charge in [0.25, 0.3) is 0 Å². The van der Waals surface area contributed by atoms with Gasteiger partial charge in [0.2, 0.25) is 0 Å². The van der Waals surface area contributed by atoms with Crippen molar-refractivity contribution in [1.29, 1.82) is 0 Å². The monoisotopic (exact) mass is 209 g/mol. The first kappa shape index (κ1) is 11.2. The third kappa shape index (κ3) is 2.61. The lowest BCUT2D eigenvalue weighted by Crippen LogP contribution is -2.47. The van der Waals surface area contributed by atoms with Crippen LogP contribution in [0.15, 0.2) is 12.2 Å². The lowest BCUT2D eigenvalue weighted by Gasteiger charge is -2.40. The minimum Gasteiger partial charge on any atom is -0.393 e. The Kier molecular flexibility index (Phi) is 3.81. The Hall–Kier alpha value is -0.340. The first-order chi connectivity index (χ1) is 7.31. The summed E-state index contributed by atoms with van der Waals surface area (Å²) in [5.74, 6) is 0.495. The molecule has 3 unspecified atom stereocenters. The SMILES string of the molecule is CCC1CN(C2C=CCCC2)CCC1O. The fourth-order valence-corrected chi connectivity index (χ4v) is 2.85. The van der Waals surface area contributed by atoms with Gasteiger partial charge in [-0.1, -0.05) is 19.1 Å². The maximum Gasteiger partial charge on any atom is 0.0592 e. The van der Waals surface area contributed by atoms with Gasteiger partial charge in [-0.25, -0.2) is 0 Å². The highest BCUT2D eigenvalue weighted by Crippen LogP contribution is 2.25. The van der Waals surface area contributed by atoms with E-state index in [2.05, 4.69) is 24.0 Å². The van der Waals surface area contributed by atoms with Crippen LogP contribution < -0.4 is 0 Å². The van der Waals surface area contributed by atoms with Crippen molar-refractivity contribution in [2.24, 2.45) is 5.92 Å². The predicted octanol–water partition coefficient (Wildman–Crippen LogP) is 2.19. The van der Waals surface area contributed by atoms with Crippen LogP contribution in [-0.4, -0.2) is 35.2 Å². The standard InChI is InChI=1S/C13H23NO/c1-2-11-10-14(9-8-13(11)15)12-6-4-3-5-7-12/h4,6,11-13,15H,2-3,5,7-10H2,1H3. The van der Waals surface area contributed by atoms with Gasteiger partial charge in [0.15, 0.2) is 0 Å². The van der Waals surface area contributed by atoms with Crippen LogP contribution in [0.5, 0.6) is 0 Å². The molecule has 1 aliphatic carbocycles. The molecule has 0 saturated carbocycles. The van der Waals surface area contributed by atoms with Gasteiger partial charge in [0.05, 0.1) is 6.10 Å². The lowest BCUT2D eigenvalue weighted by molar-refractivity contribution is 0.0135. The van der Waals surface area contributed by atoms with Crippen molar-refractivity contribution >= 4 is 0 Å². The summed E-state index contributed by atoms with van der Waals surface area (Å²) in [7, 11) is 0. The van der Waals surface area contributed by atoms with Gasteiger partial charge in [-0.2, -0.15) is 0 Å². The van der Waals surface area contributed by atoms with E-state index in [0.717, 1.165) is 25.9 Å². The lowest BCUT2D eigenvalue weighted by atomic mass is 9.90. The van der Waals surface area contributed by atoms with Crippen LogP contribution in [0.1, 0.15) is 39.0 Å². The molecule has 2 heteroatoms. The van der Waals surface area contributed by atoms with Crippen molar-refractivity contribution in [2.45, 2.75) is 51.2 Å². The molecule has 1 N–H and O–H groups in total. The zero-order valence-electron chi connectivity index (χ0n) is 9.73. The molecule has 86 valence electrons. The van der Waals surface area contributed by atoms with Crippen LogP contribution in [0.2, 0.25) is 0 Å². The number of aliphatic hydroxyl groups is 1. The Balaban J connectivity index is 1.93. The summed E-state index contributed by atoms with van der Waals surface area (Å²) in [5.41, 5.74) is 0. The summed E-state index contributed by atoms with van der Waals surface area (Å²) in [6, 6.07) is 0.653. The van der Waals surface area contributed by atoms with E-state index in [1.807, 2.05) is 0 Å². The quantitative estimate of drug-likeness (QED) is 0.705. The first-order valence-electron chi connectivity index (χ1n) is 6.40. The molecule has 0 aromatic heterocycles. The fraction of sp³-hybridized carbons (Fsp3) is 0.846. The topological polar surface area (TPSA) is 23.5 Å². The Morgan fingerprint density at radius 2 is 2.27 bits per heavy atom. The molecule has 1 aliphatic heterocycles. The predicted molar refractivity (Wildman–Crippen MR) is 62.8 cm³/mol. The molecular weight excluding hydrogens is 186 g/mol. The number of piperidine rings is 1. The minimum atomic E-state index is -0.0566. The zero-order chi connectivity index (χ0) is 10.7. The summed E-state index contributed by atoms with van der Waals surface area (Å²) < 4.78 is 0. The largest absolute Gasteiger partial charge is 0.393 e. The fourth-order valence-electron chi connectivity index (χ4n) is 2.85. The molecule has 15 heavy (non-hydrogen) atoms. The van der Waals surface area contributed by atoms with Crippen LogP contribution in [0.25, 0.3) is 0 Å². The van der Waals surface area contributed by atoms with Crippen LogP contribution in [-0.2, 0) is 0 Å². The number of nitrogens with zero attached hydrogens (tertiary/aromatic N) is 1. The van der Waals surface area contributed by atoms with Crippen molar-refractivity contribution in [3.63, 3.8) is 0 Å². The second-order valence-electron chi connectivity index (χ2n) is 4.95. The number of likely N-dealkylation sites (tertiary alicyclic amines) is 1. The van der Waals surface area contributed by atoms with Gasteiger partial charge >= 0.3 is 0 Å². The summed E-state index contributed by atoms with van der Waals surface area (Å²) in [5, 5.41) is 9.84. The molecule has 3 atom stereocenters. The van der Waals surface area contributed by atoms with E-state index in [1.54, 1.807) is 0 Å². The van der Waals surface area contributed by atoms with Crippen molar-refractivity contribution in [1.82, 2.24) is 4.90 Å². The number of hydrogen-bond acceptors (Lipinski definition) is 2. The summed E-state index contributed by atoms with van der Waals surface area (Å²) in [6.07, 6.45) is 10.6. The second-order valence-corrected chi connectivity index (χ2v) is 4.95. The molecule has 0 aromatic rings. The maximum absolute atomic E-state index is 9.84. The normalized spacial score (nSPS) is 38.1. The average molecular weight is 209 g/mol. The van der Waals surface area contributed by atoms with Crippen LogP contribution >= 0.6 is 0 Å². The van der Waals surface area contributed by atoms with E-state index in [9.17, 15) is 5.11 Å². The summed E-state index contributed by atoms with van der Waals surface area (Å²) in [6.45, 7) is 4.35. The molecule has 1 fully saturated rings. The van der Waals surface area contributed by atoms with Crippen LogP contribution in [0.3, 0.4) is 0 Å². The third-order valence-electron chi connectivity index (χ3n) is 3.95. The first-order valence-corrected chi connectivity index (χ1v) is 6.40. The highest BCUT2D eigenvalue weighted by atomic mass is 16.3. The summed E-state index contributed by atoms with van der Waals surface area (Å²) >= 11 is 0. The molecule has 0 radical (unpaired) electrons. The molecule has 0 amide bonds. The van der Waals surface area contributed by atoms with Gasteiger partial charge in [-0.3, -0.25) is 4.90 Å². The molecule has 0 spiro atoms. The molecular formula is C13H23NO. The van der Waals surface area contributed by atoms with Gasteiger partial charge in [-0.05, 0) is 38.0 Å². The smallest absolute Gasteiger partial charge is 0.0592 e. The van der Waals surface area contributed by atoms with Gasteiger partial charge in [-0.15, -0.1) is 0 Å². The maximum atomic E-state index is 9.84. The van der Waals surface area contributed by atoms with E-state index in [4.69, 9.17) is 0 Å². The molecule has 2 nitrogen and oxygen atoms in total. The Morgan fingerprint density at radius 3 is 2.93 bits per heavy atom. The van der Waals surface area contributed by atoms with E-state index < -0.39 is 0 Å². The Bertz CT molecular complexity index is 227. The van der Waals surface area contributed by atoms with E-state index in [-0.39, 0.29) is 6.10 Å². The molecule has 2 aliphatic rings. The number of allylic oxidation sites excluding steroid dienone is 1. The molecule has 1 heterocycles. The summed E-state index contributed by atoms with van der Waals surface area (Å²) in [4.78, 5) is 2.57. The van der Waals surface area contributed by atoms with Gasteiger partial charge < -0.3 is 5.11 Å². The van der Waals surface area contributed by atoms with E-state index >= 15 is 0 Å². The van der Waals surface area contributed by atoms with Crippen LogP contribution in [0.4, 0.5) is 0 Å². The highest BCUT2D eigenvalue weighted by molar-refractivity contribution is 5.00. The van der Waals surface area contributed by atoms with Crippen molar-refractivity contribution in [3.8, 4) is 0 Å². The minimum absolute atomic E-state index is 0.0566. The number of hydrogen-bond donors (Lipinski definition) is 1. The van der Waals surface area contributed by atoms with Gasteiger partial charge in [0, 0.05) is 19.1 Å². The Morgan fingerprint density at radius 1 is 1.40 bits per heavy atom. The molecule has 0 aromatic carbocycles. The third-order valence-corrected chi connectivity index (χ3v) is 3.95. The van der Waals surface area contributed by atoms with Gasteiger partial charge in [0.1, 0.15) is 0 Å². The van der Waals surface area contributed by atoms with Crippen LogP contribution in [0, 0.1) is 5.92 Å². The second kappa shape index (κ2) is 5.13. The highest BCUT2D eigenvalue weighted by Gasteiger charge is 2.29. The average Bonchev–Trinajstić information content (AvgIpc) is 2.31. The number of rotatable bonds is 2. The van der Waals surface area contributed by atoms with Crippen molar-refractivity contribution in [2.75, 3.05) is 13.1 Å². The molecule has 2 rings (SSSR count). The Labute approximate surface area is 93.0 Å². The molecule has 1 saturated heterocycles. The van der Waals surface area contributed by atoms with E-state index in [1.165, 1.54) is 19.3 Å². The van der Waals surface area contributed by atoms with E-state index in [0.29, 0.717) is 12.0 Å². The van der Waals surface area contributed by atoms with Crippen molar-refractivity contribution < 1.29 is 5.11 Å². The van der Waals surface area contributed by atoms with Crippen molar-refractivity contribution in [3.05, 3.63) is 12.2 Å².